The Morgan fingerprint density at radius 1 is 1.11 bits per heavy atom. The zero-order chi connectivity index (χ0) is 20.7. The first-order valence-corrected chi connectivity index (χ1v) is 10.1. The molecule has 2 rings (SSSR count). The fraction of sp³-hybridized carbons (Fsp3) is 0.391. The summed E-state index contributed by atoms with van der Waals surface area (Å²) in [5, 5.41) is 3.47. The fourth-order valence-corrected chi connectivity index (χ4v) is 3.43. The highest BCUT2D eigenvalue weighted by Crippen LogP contribution is 2.20. The van der Waals surface area contributed by atoms with Crippen LogP contribution in [-0.2, 0) is 22.6 Å². The second-order valence-electron chi connectivity index (χ2n) is 7.25. The summed E-state index contributed by atoms with van der Waals surface area (Å²) in [6.07, 6.45) is 1.10. The normalized spacial score (nSPS) is 11.8. The van der Waals surface area contributed by atoms with Gasteiger partial charge in [0.2, 0.25) is 11.8 Å². The molecule has 0 spiro atoms. The van der Waals surface area contributed by atoms with E-state index >= 15 is 0 Å². The molecule has 0 fully saturated rings. The van der Waals surface area contributed by atoms with Crippen LogP contribution in [0.3, 0.4) is 0 Å². The van der Waals surface area contributed by atoms with Crippen molar-refractivity contribution in [2.24, 2.45) is 0 Å². The smallest absolute Gasteiger partial charge is 0.242 e. The molecule has 0 saturated heterocycles. The number of carbonyl (C=O) groups excluding carboxylic acids is 2. The van der Waals surface area contributed by atoms with Crippen LogP contribution < -0.4 is 5.32 Å². The second-order valence-corrected chi connectivity index (χ2v) is 7.66. The first-order chi connectivity index (χ1) is 13.3. The maximum atomic E-state index is 13.2. The fourth-order valence-electron chi connectivity index (χ4n) is 3.24. The molecule has 0 bridgehead atoms. The van der Waals surface area contributed by atoms with Gasteiger partial charge in [-0.1, -0.05) is 66.0 Å². The quantitative estimate of drug-likeness (QED) is 0.711. The number of hydrogen-bond acceptors (Lipinski definition) is 2. The molecule has 5 heteroatoms. The van der Waals surface area contributed by atoms with Gasteiger partial charge in [-0.15, -0.1) is 0 Å². The molecule has 0 aliphatic rings. The summed E-state index contributed by atoms with van der Waals surface area (Å²) in [7, 11) is 0. The third-order valence-corrected chi connectivity index (χ3v) is 5.02. The first kappa shape index (κ1) is 22.0. The van der Waals surface area contributed by atoms with Gasteiger partial charge in [-0.3, -0.25) is 9.59 Å². The topological polar surface area (TPSA) is 49.4 Å². The van der Waals surface area contributed by atoms with Crippen LogP contribution in [0.25, 0.3) is 0 Å². The number of rotatable bonds is 8. The van der Waals surface area contributed by atoms with E-state index in [0.29, 0.717) is 18.1 Å². The van der Waals surface area contributed by atoms with Gasteiger partial charge in [0.1, 0.15) is 6.04 Å². The largest absolute Gasteiger partial charge is 0.354 e. The zero-order valence-corrected chi connectivity index (χ0v) is 17.8. The van der Waals surface area contributed by atoms with Crippen LogP contribution in [-0.4, -0.2) is 29.3 Å². The van der Waals surface area contributed by atoms with Gasteiger partial charge in [0.15, 0.2) is 0 Å². The van der Waals surface area contributed by atoms with Crippen LogP contribution in [0.5, 0.6) is 0 Å². The van der Waals surface area contributed by atoms with Crippen molar-refractivity contribution in [1.82, 2.24) is 10.2 Å². The number of aryl methyl sites for hydroxylation is 2. The lowest BCUT2D eigenvalue weighted by atomic mass is 10.0. The van der Waals surface area contributed by atoms with Gasteiger partial charge < -0.3 is 10.2 Å². The summed E-state index contributed by atoms with van der Waals surface area (Å²) < 4.78 is 0. The molecule has 150 valence electrons. The Bertz CT molecular complexity index is 815. The Morgan fingerprint density at radius 2 is 1.75 bits per heavy atom. The van der Waals surface area contributed by atoms with Gasteiger partial charge >= 0.3 is 0 Å². The SMILES string of the molecule is CCCNC(=O)C(C)N(Cc1ccccc1Cl)C(=O)Cc1cc(C)cc(C)c1. The van der Waals surface area contributed by atoms with Crippen molar-refractivity contribution in [2.75, 3.05) is 6.54 Å². The van der Waals surface area contributed by atoms with Crippen molar-refractivity contribution in [1.29, 1.82) is 0 Å². The molecular weight excluding hydrogens is 372 g/mol. The van der Waals surface area contributed by atoms with Crippen molar-refractivity contribution >= 4 is 23.4 Å². The van der Waals surface area contributed by atoms with Crippen LogP contribution in [0.4, 0.5) is 0 Å². The molecule has 0 radical (unpaired) electrons. The van der Waals surface area contributed by atoms with E-state index in [0.717, 1.165) is 28.7 Å². The van der Waals surface area contributed by atoms with Gasteiger partial charge in [-0.05, 0) is 44.4 Å². The monoisotopic (exact) mass is 400 g/mol. The number of benzene rings is 2. The van der Waals surface area contributed by atoms with E-state index < -0.39 is 6.04 Å². The second kappa shape index (κ2) is 10.3. The molecule has 28 heavy (non-hydrogen) atoms. The number of carbonyl (C=O) groups is 2. The Hall–Kier alpha value is -2.33. The predicted molar refractivity (Wildman–Crippen MR) is 114 cm³/mol. The van der Waals surface area contributed by atoms with Crippen molar-refractivity contribution in [2.45, 2.75) is 53.1 Å². The number of hydrogen-bond donors (Lipinski definition) is 1. The molecule has 1 atom stereocenters. The number of nitrogens with zero attached hydrogens (tertiary/aromatic N) is 1. The Labute approximate surface area is 172 Å². The molecular formula is C23H29ClN2O2. The minimum Gasteiger partial charge on any atom is -0.354 e. The number of nitrogens with one attached hydrogen (secondary N) is 1. The van der Waals surface area contributed by atoms with E-state index in [1.54, 1.807) is 17.9 Å². The average Bonchev–Trinajstić information content (AvgIpc) is 2.64. The van der Waals surface area contributed by atoms with Crippen LogP contribution >= 0.6 is 11.6 Å². The lowest BCUT2D eigenvalue weighted by Crippen LogP contribution is -2.48. The maximum absolute atomic E-state index is 13.2. The number of amides is 2. The summed E-state index contributed by atoms with van der Waals surface area (Å²) in [4.78, 5) is 27.3. The third kappa shape index (κ3) is 6.10. The van der Waals surface area contributed by atoms with Crippen LogP contribution in [0, 0.1) is 13.8 Å². The molecule has 2 aromatic carbocycles. The molecule has 0 heterocycles. The minimum absolute atomic E-state index is 0.0935. The lowest BCUT2D eigenvalue weighted by molar-refractivity contribution is -0.140. The van der Waals surface area contributed by atoms with Crippen LogP contribution in [0.2, 0.25) is 5.02 Å². The summed E-state index contributed by atoms with van der Waals surface area (Å²) in [5.74, 6) is -0.244. The highest BCUT2D eigenvalue weighted by molar-refractivity contribution is 6.31. The minimum atomic E-state index is -0.582. The summed E-state index contributed by atoms with van der Waals surface area (Å²) in [6.45, 7) is 8.68. The zero-order valence-electron chi connectivity index (χ0n) is 17.1. The van der Waals surface area contributed by atoms with Crippen molar-refractivity contribution < 1.29 is 9.59 Å². The molecule has 1 N–H and O–H groups in total. The molecule has 2 aromatic rings. The highest BCUT2D eigenvalue weighted by atomic mass is 35.5. The molecule has 1 unspecified atom stereocenters. The molecule has 2 amide bonds. The van der Waals surface area contributed by atoms with E-state index in [2.05, 4.69) is 11.4 Å². The van der Waals surface area contributed by atoms with Gasteiger partial charge in [-0.2, -0.15) is 0 Å². The Kier molecular flexibility index (Phi) is 8.06. The van der Waals surface area contributed by atoms with Crippen LogP contribution in [0.15, 0.2) is 42.5 Å². The predicted octanol–water partition coefficient (Wildman–Crippen LogP) is 4.44. The molecule has 4 nitrogen and oxygen atoms in total. The third-order valence-electron chi connectivity index (χ3n) is 4.65. The lowest BCUT2D eigenvalue weighted by Gasteiger charge is -2.29. The van der Waals surface area contributed by atoms with Gasteiger partial charge in [-0.25, -0.2) is 0 Å². The van der Waals surface area contributed by atoms with Gasteiger partial charge in [0.25, 0.3) is 0 Å². The van der Waals surface area contributed by atoms with Gasteiger partial charge in [0, 0.05) is 18.1 Å². The van der Waals surface area contributed by atoms with Crippen molar-refractivity contribution in [3.8, 4) is 0 Å². The van der Waals surface area contributed by atoms with E-state index in [1.165, 1.54) is 0 Å². The maximum Gasteiger partial charge on any atom is 0.242 e. The summed E-state index contributed by atoms with van der Waals surface area (Å²) in [6, 6.07) is 12.9. The summed E-state index contributed by atoms with van der Waals surface area (Å²) >= 11 is 6.30. The Balaban J connectivity index is 2.26. The summed E-state index contributed by atoms with van der Waals surface area (Å²) in [5.41, 5.74) is 4.02. The number of halogens is 1. The standard InChI is InChI=1S/C23H29ClN2O2/c1-5-10-25-23(28)18(4)26(15-20-8-6-7-9-21(20)24)22(27)14-19-12-16(2)11-17(3)13-19/h6-9,11-13,18H,5,10,14-15H2,1-4H3,(H,25,28). The highest BCUT2D eigenvalue weighted by Gasteiger charge is 2.26. The van der Waals surface area contributed by atoms with E-state index in [1.807, 2.05) is 51.1 Å². The van der Waals surface area contributed by atoms with E-state index in [9.17, 15) is 9.59 Å². The average molecular weight is 401 g/mol. The molecule has 0 aliphatic heterocycles. The molecule has 0 aromatic heterocycles. The Morgan fingerprint density at radius 3 is 2.36 bits per heavy atom. The van der Waals surface area contributed by atoms with Crippen molar-refractivity contribution in [3.05, 3.63) is 69.7 Å². The van der Waals surface area contributed by atoms with E-state index in [-0.39, 0.29) is 18.2 Å². The van der Waals surface area contributed by atoms with Crippen LogP contribution in [0.1, 0.15) is 42.5 Å². The van der Waals surface area contributed by atoms with Gasteiger partial charge in [0.05, 0.1) is 6.42 Å². The molecule has 0 aliphatic carbocycles. The van der Waals surface area contributed by atoms with E-state index in [4.69, 9.17) is 11.6 Å². The first-order valence-electron chi connectivity index (χ1n) is 9.69. The van der Waals surface area contributed by atoms with Crippen molar-refractivity contribution in [3.63, 3.8) is 0 Å². The molecule has 0 saturated carbocycles.